The van der Waals surface area contributed by atoms with Gasteiger partial charge in [-0.05, 0) is 24.3 Å². The Morgan fingerprint density at radius 2 is 2.27 bits per heavy atom. The molecular weight excluding hydrogens is 300 g/mol. The number of ether oxygens (including phenoxy) is 2. The smallest absolute Gasteiger partial charge is 0.139 e. The number of hydrogen-bond acceptors (Lipinski definition) is 4. The molecule has 1 aromatic carbocycles. The van der Waals surface area contributed by atoms with E-state index < -0.39 is 0 Å². The van der Waals surface area contributed by atoms with Crippen LogP contribution in [-0.4, -0.2) is 38.0 Å². The van der Waals surface area contributed by atoms with Crippen LogP contribution in [0.25, 0.3) is 10.8 Å². The summed E-state index contributed by atoms with van der Waals surface area (Å²) < 4.78 is 11.0. The SMILES string of the molecule is Clc1nc(NCCCOCC2CCOC2)cc2ccccc12. The lowest BCUT2D eigenvalue weighted by molar-refractivity contribution is 0.0897. The molecule has 2 heterocycles. The van der Waals surface area contributed by atoms with E-state index in [1.165, 1.54) is 0 Å². The van der Waals surface area contributed by atoms with Crippen molar-refractivity contribution in [1.82, 2.24) is 4.98 Å². The number of halogens is 1. The van der Waals surface area contributed by atoms with Crippen molar-refractivity contribution in [2.24, 2.45) is 5.92 Å². The average Bonchev–Trinajstić information content (AvgIpc) is 3.04. The minimum atomic E-state index is 0.540. The van der Waals surface area contributed by atoms with Crippen LogP contribution in [0, 0.1) is 5.92 Å². The Labute approximate surface area is 135 Å². The Bertz CT molecular complexity index is 615. The van der Waals surface area contributed by atoms with Crippen molar-refractivity contribution in [1.29, 1.82) is 0 Å². The molecule has 1 fully saturated rings. The molecule has 1 N–H and O–H groups in total. The Kier molecular flexibility index (Phi) is 5.48. The molecule has 1 atom stereocenters. The molecule has 0 bridgehead atoms. The van der Waals surface area contributed by atoms with Crippen molar-refractivity contribution >= 4 is 28.2 Å². The lowest BCUT2D eigenvalue weighted by Gasteiger charge is -2.10. The minimum Gasteiger partial charge on any atom is -0.381 e. The summed E-state index contributed by atoms with van der Waals surface area (Å²) in [6.45, 7) is 4.11. The topological polar surface area (TPSA) is 43.4 Å². The van der Waals surface area contributed by atoms with Crippen LogP contribution in [-0.2, 0) is 9.47 Å². The molecular formula is C17H21ClN2O2. The van der Waals surface area contributed by atoms with Crippen molar-refractivity contribution in [2.45, 2.75) is 12.8 Å². The van der Waals surface area contributed by atoms with Crippen LogP contribution >= 0.6 is 11.6 Å². The number of pyridine rings is 1. The highest BCUT2D eigenvalue weighted by atomic mass is 35.5. The van der Waals surface area contributed by atoms with Crippen molar-refractivity contribution in [3.05, 3.63) is 35.5 Å². The summed E-state index contributed by atoms with van der Waals surface area (Å²) in [5.74, 6) is 1.39. The number of hydrogen-bond donors (Lipinski definition) is 1. The van der Waals surface area contributed by atoms with Gasteiger partial charge in [-0.1, -0.05) is 35.9 Å². The molecule has 22 heavy (non-hydrogen) atoms. The molecule has 1 aliphatic heterocycles. The van der Waals surface area contributed by atoms with Gasteiger partial charge in [0.05, 0.1) is 13.2 Å². The van der Waals surface area contributed by atoms with Crippen molar-refractivity contribution in [3.8, 4) is 0 Å². The molecule has 5 heteroatoms. The molecule has 0 amide bonds. The van der Waals surface area contributed by atoms with Crippen LogP contribution in [0.15, 0.2) is 30.3 Å². The second-order valence-electron chi connectivity index (χ2n) is 5.60. The van der Waals surface area contributed by atoms with E-state index in [0.29, 0.717) is 11.1 Å². The summed E-state index contributed by atoms with van der Waals surface area (Å²) in [7, 11) is 0. The van der Waals surface area contributed by atoms with Gasteiger partial charge in [0.15, 0.2) is 0 Å². The number of rotatable bonds is 7. The van der Waals surface area contributed by atoms with Crippen LogP contribution in [0.3, 0.4) is 0 Å². The predicted molar refractivity (Wildman–Crippen MR) is 89.6 cm³/mol. The fraction of sp³-hybridized carbons (Fsp3) is 0.471. The zero-order chi connectivity index (χ0) is 15.2. The fourth-order valence-electron chi connectivity index (χ4n) is 2.60. The Hall–Kier alpha value is -1.36. The van der Waals surface area contributed by atoms with Crippen LogP contribution in [0.5, 0.6) is 0 Å². The maximum absolute atomic E-state index is 6.21. The number of fused-ring (bicyclic) bond motifs is 1. The van der Waals surface area contributed by atoms with Gasteiger partial charge in [-0.15, -0.1) is 0 Å². The molecule has 4 nitrogen and oxygen atoms in total. The molecule has 1 unspecified atom stereocenters. The van der Waals surface area contributed by atoms with E-state index in [1.54, 1.807) is 0 Å². The summed E-state index contributed by atoms with van der Waals surface area (Å²) in [4.78, 5) is 4.38. The third-order valence-corrected chi connectivity index (χ3v) is 4.13. The summed E-state index contributed by atoms with van der Waals surface area (Å²) >= 11 is 6.21. The Balaban J connectivity index is 1.41. The molecule has 118 valence electrons. The van der Waals surface area contributed by atoms with Gasteiger partial charge in [0.25, 0.3) is 0 Å². The minimum absolute atomic E-state index is 0.540. The van der Waals surface area contributed by atoms with E-state index in [4.69, 9.17) is 21.1 Å². The molecule has 0 saturated carbocycles. The normalized spacial score (nSPS) is 18.0. The van der Waals surface area contributed by atoms with E-state index in [1.807, 2.05) is 30.3 Å². The maximum Gasteiger partial charge on any atom is 0.139 e. The summed E-state index contributed by atoms with van der Waals surface area (Å²) in [6, 6.07) is 10.0. The van der Waals surface area contributed by atoms with Gasteiger partial charge in [0, 0.05) is 31.1 Å². The fourth-order valence-corrected chi connectivity index (χ4v) is 2.87. The zero-order valence-electron chi connectivity index (χ0n) is 12.6. The lowest BCUT2D eigenvalue weighted by atomic mass is 10.1. The standard InChI is InChI=1S/C17H21ClN2O2/c18-17-15-5-2-1-4-14(15)10-16(20-17)19-7-3-8-21-11-13-6-9-22-12-13/h1-2,4-5,10,13H,3,6-9,11-12H2,(H,19,20). The summed E-state index contributed by atoms with van der Waals surface area (Å²) in [6.07, 6.45) is 2.07. The van der Waals surface area contributed by atoms with E-state index in [0.717, 1.165) is 62.4 Å². The zero-order valence-corrected chi connectivity index (χ0v) is 13.3. The van der Waals surface area contributed by atoms with Gasteiger partial charge in [-0.3, -0.25) is 0 Å². The van der Waals surface area contributed by atoms with E-state index in [9.17, 15) is 0 Å². The first-order chi connectivity index (χ1) is 10.8. The molecule has 0 radical (unpaired) electrons. The van der Waals surface area contributed by atoms with Crippen LogP contribution in [0.1, 0.15) is 12.8 Å². The number of benzene rings is 1. The highest BCUT2D eigenvalue weighted by molar-refractivity contribution is 6.34. The second-order valence-corrected chi connectivity index (χ2v) is 5.96. The van der Waals surface area contributed by atoms with E-state index >= 15 is 0 Å². The molecule has 0 spiro atoms. The number of anilines is 1. The highest BCUT2D eigenvalue weighted by Gasteiger charge is 2.15. The Morgan fingerprint density at radius 3 is 3.14 bits per heavy atom. The van der Waals surface area contributed by atoms with Gasteiger partial charge in [0.2, 0.25) is 0 Å². The number of nitrogens with zero attached hydrogens (tertiary/aromatic N) is 1. The number of aromatic nitrogens is 1. The molecule has 1 aliphatic rings. The third-order valence-electron chi connectivity index (χ3n) is 3.84. The largest absolute Gasteiger partial charge is 0.381 e. The van der Waals surface area contributed by atoms with Gasteiger partial charge in [0.1, 0.15) is 11.0 Å². The Morgan fingerprint density at radius 1 is 1.36 bits per heavy atom. The predicted octanol–water partition coefficient (Wildman–Crippen LogP) is 3.74. The van der Waals surface area contributed by atoms with Crippen molar-refractivity contribution < 1.29 is 9.47 Å². The maximum atomic E-state index is 6.21. The molecule has 3 rings (SSSR count). The lowest BCUT2D eigenvalue weighted by Crippen LogP contribution is -2.12. The van der Waals surface area contributed by atoms with Crippen molar-refractivity contribution in [2.75, 3.05) is 38.3 Å². The molecule has 1 aromatic heterocycles. The summed E-state index contributed by atoms with van der Waals surface area (Å²) in [5, 5.41) is 5.93. The first kappa shape index (κ1) is 15.5. The average molecular weight is 321 g/mol. The van der Waals surface area contributed by atoms with Crippen LogP contribution in [0.4, 0.5) is 5.82 Å². The quantitative estimate of drug-likeness (QED) is 0.623. The van der Waals surface area contributed by atoms with E-state index in [-0.39, 0.29) is 0 Å². The second kappa shape index (κ2) is 7.77. The monoisotopic (exact) mass is 320 g/mol. The van der Waals surface area contributed by atoms with Gasteiger partial charge in [-0.2, -0.15) is 0 Å². The van der Waals surface area contributed by atoms with Crippen molar-refractivity contribution in [3.63, 3.8) is 0 Å². The summed E-state index contributed by atoms with van der Waals surface area (Å²) in [5.41, 5.74) is 0. The molecule has 0 aliphatic carbocycles. The van der Waals surface area contributed by atoms with E-state index in [2.05, 4.69) is 10.3 Å². The number of nitrogens with one attached hydrogen (secondary N) is 1. The molecule has 2 aromatic rings. The van der Waals surface area contributed by atoms with Gasteiger partial charge in [-0.25, -0.2) is 4.98 Å². The highest BCUT2D eigenvalue weighted by Crippen LogP contribution is 2.24. The molecule has 1 saturated heterocycles. The van der Waals surface area contributed by atoms with Crippen LogP contribution < -0.4 is 5.32 Å². The van der Waals surface area contributed by atoms with Crippen LogP contribution in [0.2, 0.25) is 5.15 Å². The van der Waals surface area contributed by atoms with Gasteiger partial charge >= 0.3 is 0 Å². The van der Waals surface area contributed by atoms with Gasteiger partial charge < -0.3 is 14.8 Å². The third kappa shape index (κ3) is 4.09. The first-order valence-corrected chi connectivity index (χ1v) is 8.15. The first-order valence-electron chi connectivity index (χ1n) is 7.77.